The first-order valence-electron chi connectivity index (χ1n) is 7.00. The molecule has 21 heavy (non-hydrogen) atoms. The van der Waals surface area contributed by atoms with Gasteiger partial charge in [-0.15, -0.1) is 11.8 Å². The summed E-state index contributed by atoms with van der Waals surface area (Å²) in [5.74, 6) is 6.15. The van der Waals surface area contributed by atoms with E-state index in [2.05, 4.69) is 23.5 Å². The molecule has 1 unspecified atom stereocenters. The first kappa shape index (κ1) is 16.0. The van der Waals surface area contributed by atoms with E-state index in [1.807, 2.05) is 17.7 Å². The molecule has 2 rings (SSSR count). The van der Waals surface area contributed by atoms with Crippen LogP contribution in [0.25, 0.3) is 0 Å². The molecule has 0 fully saturated rings. The molecule has 2 aromatic rings. The summed E-state index contributed by atoms with van der Waals surface area (Å²) in [4.78, 5) is 0.651. The van der Waals surface area contributed by atoms with Crippen LogP contribution in [-0.2, 0) is 13.0 Å². The van der Waals surface area contributed by atoms with E-state index in [1.165, 1.54) is 17.8 Å². The minimum absolute atomic E-state index is 0.0657. The predicted molar refractivity (Wildman–Crippen MR) is 84.6 cm³/mol. The fraction of sp³-hybridized carbons (Fsp3) is 0.400. The van der Waals surface area contributed by atoms with E-state index in [1.54, 1.807) is 12.1 Å². The first-order chi connectivity index (χ1) is 10.1. The van der Waals surface area contributed by atoms with E-state index < -0.39 is 0 Å². The summed E-state index contributed by atoms with van der Waals surface area (Å²) in [6.45, 7) is 4.88. The number of rotatable bonds is 7. The Bertz CT molecular complexity index is 585. The zero-order chi connectivity index (χ0) is 15.2. The largest absolute Gasteiger partial charge is 0.271 e. The Morgan fingerprint density at radius 1 is 1.43 bits per heavy atom. The van der Waals surface area contributed by atoms with Crippen molar-refractivity contribution in [3.8, 4) is 0 Å². The van der Waals surface area contributed by atoms with E-state index >= 15 is 0 Å². The molecular formula is C15H21FN4S. The number of nitrogens with zero attached hydrogens (tertiary/aromatic N) is 2. The molecule has 3 N–H and O–H groups in total. The van der Waals surface area contributed by atoms with Gasteiger partial charge in [-0.25, -0.2) is 4.39 Å². The van der Waals surface area contributed by atoms with Crippen LogP contribution in [0.1, 0.15) is 18.3 Å². The van der Waals surface area contributed by atoms with E-state index in [-0.39, 0.29) is 11.9 Å². The quantitative estimate of drug-likeness (QED) is 0.469. The molecule has 1 aromatic carbocycles. The molecule has 0 bridgehead atoms. The van der Waals surface area contributed by atoms with Crippen LogP contribution in [0.15, 0.2) is 35.2 Å². The summed E-state index contributed by atoms with van der Waals surface area (Å²) >= 11 is 1.47. The van der Waals surface area contributed by atoms with Crippen LogP contribution in [0.3, 0.4) is 0 Å². The average Bonchev–Trinajstić information content (AvgIpc) is 2.84. The van der Waals surface area contributed by atoms with Crippen molar-refractivity contribution >= 4 is 11.8 Å². The fourth-order valence-corrected chi connectivity index (χ4v) is 3.18. The summed E-state index contributed by atoms with van der Waals surface area (Å²) in [5.41, 5.74) is 4.97. The van der Waals surface area contributed by atoms with Gasteiger partial charge in [0.05, 0.1) is 5.69 Å². The van der Waals surface area contributed by atoms with Gasteiger partial charge in [0, 0.05) is 35.3 Å². The zero-order valence-corrected chi connectivity index (χ0v) is 13.2. The van der Waals surface area contributed by atoms with E-state index in [0.29, 0.717) is 10.6 Å². The summed E-state index contributed by atoms with van der Waals surface area (Å²) < 4.78 is 15.6. The van der Waals surface area contributed by atoms with Crippen molar-refractivity contribution in [3.05, 3.63) is 47.5 Å². The lowest BCUT2D eigenvalue weighted by atomic mass is 10.2. The topological polar surface area (TPSA) is 55.9 Å². The van der Waals surface area contributed by atoms with Gasteiger partial charge in [-0.2, -0.15) is 5.10 Å². The van der Waals surface area contributed by atoms with Crippen LogP contribution in [0.4, 0.5) is 4.39 Å². The van der Waals surface area contributed by atoms with Crippen molar-refractivity contribution < 1.29 is 4.39 Å². The van der Waals surface area contributed by atoms with Crippen molar-refractivity contribution in [1.82, 2.24) is 15.2 Å². The molecule has 0 spiro atoms. The maximum atomic E-state index is 13.6. The molecule has 1 atom stereocenters. The highest BCUT2D eigenvalue weighted by Crippen LogP contribution is 2.22. The second-order valence-corrected chi connectivity index (χ2v) is 5.96. The third-order valence-corrected chi connectivity index (χ3v) is 4.46. The maximum Gasteiger partial charge on any atom is 0.136 e. The number of nitrogens with one attached hydrogen (secondary N) is 1. The number of hydrogen-bond acceptors (Lipinski definition) is 4. The number of aryl methyl sites for hydroxylation is 2. The number of hydrazine groups is 1. The van der Waals surface area contributed by atoms with Gasteiger partial charge in [-0.05, 0) is 32.0 Å². The summed E-state index contributed by atoms with van der Waals surface area (Å²) in [6, 6.07) is 8.93. The Morgan fingerprint density at radius 3 is 2.86 bits per heavy atom. The molecule has 0 aliphatic heterocycles. The van der Waals surface area contributed by atoms with Crippen LogP contribution < -0.4 is 11.3 Å². The number of halogens is 1. The Morgan fingerprint density at radius 2 is 2.19 bits per heavy atom. The van der Waals surface area contributed by atoms with Crippen LogP contribution in [0, 0.1) is 12.7 Å². The van der Waals surface area contributed by atoms with E-state index in [9.17, 15) is 4.39 Å². The summed E-state index contributed by atoms with van der Waals surface area (Å²) in [7, 11) is 0. The SMILES string of the molecule is CCn1nc(C)cc1CC(CSc1ccccc1F)NN. The molecule has 6 heteroatoms. The van der Waals surface area contributed by atoms with Crippen LogP contribution in [0.5, 0.6) is 0 Å². The number of thioether (sulfide) groups is 1. The number of benzene rings is 1. The van der Waals surface area contributed by atoms with Crippen LogP contribution in [-0.4, -0.2) is 21.6 Å². The maximum absolute atomic E-state index is 13.6. The minimum atomic E-state index is -0.187. The zero-order valence-electron chi connectivity index (χ0n) is 12.3. The van der Waals surface area contributed by atoms with Crippen molar-refractivity contribution in [2.45, 2.75) is 37.8 Å². The molecule has 0 saturated heterocycles. The third-order valence-electron chi connectivity index (χ3n) is 3.25. The van der Waals surface area contributed by atoms with Crippen molar-refractivity contribution in [2.75, 3.05) is 5.75 Å². The summed E-state index contributed by atoms with van der Waals surface area (Å²) in [6.07, 6.45) is 0.770. The lowest BCUT2D eigenvalue weighted by Gasteiger charge is -2.16. The fourth-order valence-electron chi connectivity index (χ4n) is 2.21. The van der Waals surface area contributed by atoms with Gasteiger partial charge in [-0.1, -0.05) is 12.1 Å². The van der Waals surface area contributed by atoms with Gasteiger partial charge in [0.25, 0.3) is 0 Å². The second kappa shape index (κ2) is 7.59. The molecule has 0 radical (unpaired) electrons. The monoisotopic (exact) mass is 308 g/mol. The Kier molecular flexibility index (Phi) is 5.78. The van der Waals surface area contributed by atoms with E-state index in [0.717, 1.165) is 24.4 Å². The molecule has 4 nitrogen and oxygen atoms in total. The van der Waals surface area contributed by atoms with Crippen molar-refractivity contribution in [3.63, 3.8) is 0 Å². The highest BCUT2D eigenvalue weighted by atomic mass is 32.2. The second-order valence-electron chi connectivity index (χ2n) is 4.90. The summed E-state index contributed by atoms with van der Waals surface area (Å²) in [5, 5.41) is 4.43. The Hall–Kier alpha value is -1.37. The highest BCUT2D eigenvalue weighted by Gasteiger charge is 2.13. The molecule has 0 saturated carbocycles. The van der Waals surface area contributed by atoms with Crippen LogP contribution in [0.2, 0.25) is 0 Å². The number of nitrogens with two attached hydrogens (primary N) is 1. The van der Waals surface area contributed by atoms with Gasteiger partial charge in [-0.3, -0.25) is 16.0 Å². The lowest BCUT2D eigenvalue weighted by molar-refractivity contribution is 0.534. The average molecular weight is 308 g/mol. The normalized spacial score (nSPS) is 12.6. The lowest BCUT2D eigenvalue weighted by Crippen LogP contribution is -2.39. The van der Waals surface area contributed by atoms with Crippen molar-refractivity contribution in [1.29, 1.82) is 0 Å². The number of hydrogen-bond donors (Lipinski definition) is 2. The highest BCUT2D eigenvalue weighted by molar-refractivity contribution is 7.99. The van der Waals surface area contributed by atoms with E-state index in [4.69, 9.17) is 5.84 Å². The predicted octanol–water partition coefficient (Wildman–Crippen LogP) is 2.52. The van der Waals surface area contributed by atoms with Gasteiger partial charge < -0.3 is 0 Å². The molecule has 1 aromatic heterocycles. The minimum Gasteiger partial charge on any atom is -0.271 e. The van der Waals surface area contributed by atoms with Gasteiger partial charge in [0.2, 0.25) is 0 Å². The molecular weight excluding hydrogens is 287 g/mol. The Balaban J connectivity index is 1.98. The Labute approximate surface area is 128 Å². The van der Waals surface area contributed by atoms with Gasteiger partial charge in [0.1, 0.15) is 5.82 Å². The van der Waals surface area contributed by atoms with Gasteiger partial charge in [0.15, 0.2) is 0 Å². The number of aromatic nitrogens is 2. The van der Waals surface area contributed by atoms with Crippen LogP contribution >= 0.6 is 11.8 Å². The van der Waals surface area contributed by atoms with Crippen molar-refractivity contribution in [2.24, 2.45) is 5.84 Å². The molecule has 1 heterocycles. The third kappa shape index (κ3) is 4.30. The molecule has 114 valence electrons. The standard InChI is InChI=1S/C15H21FN4S/c1-3-20-13(8-11(2)19-20)9-12(18-17)10-21-15-7-5-4-6-14(15)16/h4-8,12,18H,3,9-10,17H2,1-2H3. The molecule has 0 amide bonds. The van der Waals surface area contributed by atoms with Gasteiger partial charge >= 0.3 is 0 Å². The first-order valence-corrected chi connectivity index (χ1v) is 7.99. The smallest absolute Gasteiger partial charge is 0.136 e. The molecule has 0 aliphatic carbocycles. The molecule has 0 aliphatic rings.